The zero-order valence-electron chi connectivity index (χ0n) is 30.1. The maximum atomic E-state index is 12.6. The van der Waals surface area contributed by atoms with Crippen molar-refractivity contribution in [3.8, 4) is 0 Å². The molecular formula is C26H41LiN7O17P3S. The molecule has 2 aromatic heterocycles. The molecule has 3 rings (SSSR count). The third-order valence-corrected chi connectivity index (χ3v) is 11.1. The number of rotatable bonds is 20. The molecular weight excluding hydrogens is 814 g/mol. The number of amides is 2. The number of fused-ring (bicyclic) bond motifs is 1. The maximum absolute atomic E-state index is 12.6. The van der Waals surface area contributed by atoms with Crippen LogP contribution in [-0.2, 0) is 50.7 Å². The van der Waals surface area contributed by atoms with Crippen LogP contribution < -0.4 is 40.1 Å². The number of aliphatic hydroxyl groups excluding tert-OH is 2. The molecule has 1 saturated heterocycles. The molecule has 3 heterocycles. The van der Waals surface area contributed by atoms with E-state index >= 15 is 0 Å². The minimum Gasteiger partial charge on any atom is -0.756 e. The predicted molar refractivity (Wildman–Crippen MR) is 184 cm³/mol. The first-order valence-corrected chi connectivity index (χ1v) is 21.1. The Balaban J connectivity index is 0.0000105. The fourth-order valence-corrected chi connectivity index (χ4v) is 8.10. The van der Waals surface area contributed by atoms with Crippen LogP contribution in [0.15, 0.2) is 24.3 Å². The molecule has 9 N–H and O–H groups in total. The van der Waals surface area contributed by atoms with Gasteiger partial charge in [-0.1, -0.05) is 31.2 Å². The first-order chi connectivity index (χ1) is 24.9. The number of hydrogen-bond donors (Lipinski definition) is 8. The molecule has 4 unspecified atom stereocenters. The quantitative estimate of drug-likeness (QED) is 0.0272. The number of carbonyl (C=O) groups is 3. The Bertz CT molecular complexity index is 1850. The van der Waals surface area contributed by atoms with Crippen molar-refractivity contribution in [3.63, 3.8) is 0 Å². The van der Waals surface area contributed by atoms with Crippen LogP contribution in [0, 0.1) is 5.41 Å². The average molecular weight is 856 g/mol. The van der Waals surface area contributed by atoms with Crippen molar-refractivity contribution in [2.45, 2.75) is 64.8 Å². The Labute approximate surface area is 329 Å². The van der Waals surface area contributed by atoms with E-state index < -0.39 is 84.6 Å². The van der Waals surface area contributed by atoms with Crippen LogP contribution in [0.5, 0.6) is 0 Å². The number of allylic oxidation sites excluding steroid dienone is 1. The Morgan fingerprint density at radius 3 is 2.40 bits per heavy atom. The van der Waals surface area contributed by atoms with E-state index in [-0.39, 0.29) is 60.5 Å². The number of phosphoric acid groups is 3. The smallest absolute Gasteiger partial charge is 0.756 e. The first-order valence-electron chi connectivity index (χ1n) is 15.6. The van der Waals surface area contributed by atoms with Crippen molar-refractivity contribution in [2.75, 3.05) is 37.8 Å². The van der Waals surface area contributed by atoms with E-state index in [4.69, 9.17) is 19.5 Å². The molecule has 0 aliphatic carbocycles. The van der Waals surface area contributed by atoms with E-state index in [1.165, 1.54) is 19.9 Å². The number of aliphatic hydroxyl groups is 2. The van der Waals surface area contributed by atoms with Crippen molar-refractivity contribution >= 4 is 69.1 Å². The van der Waals surface area contributed by atoms with Crippen LogP contribution >= 0.6 is 35.2 Å². The summed E-state index contributed by atoms with van der Waals surface area (Å²) < 4.78 is 61.6. The van der Waals surface area contributed by atoms with Crippen LogP contribution in [0.4, 0.5) is 5.82 Å². The SMILES string of the molecule is CC(C)=CC(=O)SCCNC(=O)CCNC(=O)C(O)C(C)(C)COP(=O)(O)OP(=O)(O)OC[C@H]1O[C@@H](n2cnc3c(N)ncnc32)[C@H](O)[C@@H]1OP(=O)([O-])O.[Li+]. The number of aromatic nitrogens is 4. The summed E-state index contributed by atoms with van der Waals surface area (Å²) in [5, 5.41) is 26.1. The molecule has 2 aromatic rings. The first kappa shape index (κ1) is 49.0. The second-order valence-corrected chi connectivity index (χ2v) is 17.7. The molecule has 1 aliphatic rings. The summed E-state index contributed by atoms with van der Waals surface area (Å²) in [7, 11) is -16.7. The number of nitrogens with one attached hydrogen (secondary N) is 2. The Morgan fingerprint density at radius 1 is 1.11 bits per heavy atom. The number of nitrogens with two attached hydrogens (primary N) is 1. The van der Waals surface area contributed by atoms with E-state index in [2.05, 4.69) is 34.4 Å². The van der Waals surface area contributed by atoms with Gasteiger partial charge >= 0.3 is 34.5 Å². The van der Waals surface area contributed by atoms with Crippen LogP contribution in [0.2, 0.25) is 0 Å². The summed E-state index contributed by atoms with van der Waals surface area (Å²) in [4.78, 5) is 89.0. The summed E-state index contributed by atoms with van der Waals surface area (Å²) in [5.41, 5.74) is 5.05. The second-order valence-electron chi connectivity index (χ2n) is 12.4. The second kappa shape index (κ2) is 20.5. The number of phosphoric ester groups is 3. The van der Waals surface area contributed by atoms with Crippen molar-refractivity contribution in [1.29, 1.82) is 0 Å². The number of imidazole rings is 1. The molecule has 0 bridgehead atoms. The fraction of sp³-hybridized carbons (Fsp3) is 0.615. The van der Waals surface area contributed by atoms with Gasteiger partial charge < -0.3 is 55.4 Å². The van der Waals surface area contributed by atoms with E-state index in [9.17, 15) is 57.9 Å². The Hall–Kier alpha value is -2.10. The van der Waals surface area contributed by atoms with Crippen molar-refractivity contribution in [1.82, 2.24) is 30.2 Å². The summed E-state index contributed by atoms with van der Waals surface area (Å²) in [6.45, 7) is 3.98. The molecule has 0 aromatic carbocycles. The monoisotopic (exact) mass is 855 g/mol. The van der Waals surface area contributed by atoms with Gasteiger partial charge in [-0.3, -0.25) is 32.6 Å². The molecule has 0 spiro atoms. The standard InChI is InChI=1S/C26H42N7O17P3S.Li/c1-14(2)9-17(35)54-8-7-28-16(34)5-6-29-24(38)21(37)26(3,4)11-47-53(44,45)50-52(42,43)46-10-15-20(49-51(39,40)41)19(36)25(48-15)33-13-32-18-22(27)30-12-31-23(18)33;/h9,12-13,15,19-21,25,36-37H,5-8,10-11H2,1-4H3,(H,28,34)(H,29,38)(H,42,43)(H,44,45)(H2,27,30,31)(H2,39,40,41);/q;+1/p-1/t15-,19-,20-,21?,25-;/m1./s1. The number of nitrogens with zero attached hydrogens (tertiary/aromatic N) is 4. The molecule has 55 heavy (non-hydrogen) atoms. The third kappa shape index (κ3) is 15.3. The van der Waals surface area contributed by atoms with Crippen LogP contribution in [-0.4, -0.2) is 118 Å². The molecule has 304 valence electrons. The van der Waals surface area contributed by atoms with Gasteiger partial charge in [0, 0.05) is 30.7 Å². The van der Waals surface area contributed by atoms with E-state index in [1.807, 2.05) is 0 Å². The predicted octanol–water partition coefficient (Wildman–Crippen LogP) is -4.00. The molecule has 8 atom stereocenters. The average Bonchev–Trinajstić information content (AvgIpc) is 3.60. The van der Waals surface area contributed by atoms with Gasteiger partial charge in [-0.2, -0.15) is 4.31 Å². The third-order valence-electron chi connectivity index (χ3n) is 7.15. The normalized spacial score (nSPS) is 22.4. The molecule has 1 fully saturated rings. The number of nitrogen functional groups attached to an aromatic ring is 1. The summed E-state index contributed by atoms with van der Waals surface area (Å²) >= 11 is 1.02. The van der Waals surface area contributed by atoms with Crippen molar-refractivity contribution in [2.24, 2.45) is 5.41 Å². The summed E-state index contributed by atoms with van der Waals surface area (Å²) in [6, 6.07) is 0. The largest absolute Gasteiger partial charge is 1.00 e. The topological polar surface area (TPSA) is 366 Å². The number of ether oxygens (including phenoxy) is 1. The number of carbonyl (C=O) groups excluding carboxylic acids is 3. The minimum absolute atomic E-state index is 0. The van der Waals surface area contributed by atoms with Gasteiger partial charge in [0.05, 0.1) is 19.5 Å². The van der Waals surface area contributed by atoms with Gasteiger partial charge in [0.2, 0.25) is 16.9 Å². The van der Waals surface area contributed by atoms with Gasteiger partial charge in [0.15, 0.2) is 17.7 Å². The van der Waals surface area contributed by atoms with Crippen LogP contribution in [0.25, 0.3) is 11.2 Å². The molecule has 2 amide bonds. The van der Waals surface area contributed by atoms with Gasteiger partial charge in [-0.15, -0.1) is 0 Å². The van der Waals surface area contributed by atoms with E-state index in [0.29, 0.717) is 5.75 Å². The van der Waals surface area contributed by atoms with Crippen LogP contribution in [0.3, 0.4) is 0 Å². The van der Waals surface area contributed by atoms with Crippen molar-refractivity contribution < 1.29 is 99.3 Å². The van der Waals surface area contributed by atoms with Gasteiger partial charge in [-0.25, -0.2) is 24.1 Å². The molecule has 29 heteroatoms. The van der Waals surface area contributed by atoms with Crippen LogP contribution in [0.1, 0.15) is 40.3 Å². The van der Waals surface area contributed by atoms with Gasteiger partial charge in [0.1, 0.15) is 36.3 Å². The van der Waals surface area contributed by atoms with Crippen molar-refractivity contribution in [3.05, 3.63) is 24.3 Å². The molecule has 0 saturated carbocycles. The summed E-state index contributed by atoms with van der Waals surface area (Å²) in [5.74, 6) is -1.15. The summed E-state index contributed by atoms with van der Waals surface area (Å²) in [6.07, 6.45) is -5.65. The Morgan fingerprint density at radius 2 is 1.76 bits per heavy atom. The Kier molecular flexibility index (Phi) is 18.3. The van der Waals surface area contributed by atoms with E-state index in [0.717, 1.165) is 34.6 Å². The fourth-order valence-electron chi connectivity index (χ4n) is 4.55. The number of hydrogen-bond acceptors (Lipinski definition) is 19. The molecule has 24 nitrogen and oxygen atoms in total. The molecule has 0 radical (unpaired) electrons. The van der Waals surface area contributed by atoms with Gasteiger partial charge in [-0.05, 0) is 19.9 Å². The maximum Gasteiger partial charge on any atom is 1.00 e. The number of thioether (sulfide) groups is 1. The zero-order valence-corrected chi connectivity index (χ0v) is 33.6. The number of anilines is 1. The molecule has 1 aliphatic heterocycles. The van der Waals surface area contributed by atoms with Gasteiger partial charge in [0.25, 0.3) is 7.82 Å². The zero-order chi connectivity index (χ0) is 40.6. The minimum atomic E-state index is -5.58. The van der Waals surface area contributed by atoms with E-state index in [1.54, 1.807) is 13.8 Å².